The van der Waals surface area contributed by atoms with Crippen molar-refractivity contribution >= 4 is 22.5 Å². The van der Waals surface area contributed by atoms with E-state index >= 15 is 0 Å². The highest BCUT2D eigenvalue weighted by atomic mass is 35.5. The predicted octanol–water partition coefficient (Wildman–Crippen LogP) is 2.86. The lowest BCUT2D eigenvalue weighted by Gasteiger charge is -2.09. The predicted molar refractivity (Wildman–Crippen MR) is 53.0 cm³/mol. The van der Waals surface area contributed by atoms with Gasteiger partial charge >= 0.3 is 6.18 Å². The lowest BCUT2D eigenvalue weighted by Crippen LogP contribution is -2.11. The molecule has 0 saturated carbocycles. The van der Waals surface area contributed by atoms with Gasteiger partial charge < -0.3 is 0 Å². The summed E-state index contributed by atoms with van der Waals surface area (Å²) in [6, 6.07) is 1.95. The van der Waals surface area contributed by atoms with E-state index in [9.17, 15) is 28.1 Å². The molecule has 94 valence electrons. The molecule has 1 aromatic carbocycles. The SMILES string of the molecule is N#Cc1cc([N+](=O)[O-])c(C(F)(F)F)cc1C(=O)Cl. The molecule has 0 amide bonds. The highest BCUT2D eigenvalue weighted by Crippen LogP contribution is 2.37. The minimum Gasteiger partial charge on any atom is -0.276 e. The summed E-state index contributed by atoms with van der Waals surface area (Å²) in [6.45, 7) is 0. The molecule has 1 rings (SSSR count). The third-order valence-electron chi connectivity index (χ3n) is 1.97. The van der Waals surface area contributed by atoms with E-state index in [-0.39, 0.29) is 6.07 Å². The topological polar surface area (TPSA) is 84.0 Å². The van der Waals surface area contributed by atoms with E-state index in [1.165, 1.54) is 6.07 Å². The van der Waals surface area contributed by atoms with Gasteiger partial charge in [0, 0.05) is 6.07 Å². The molecule has 0 radical (unpaired) electrons. The molecule has 0 aliphatic heterocycles. The summed E-state index contributed by atoms with van der Waals surface area (Å²) in [6.07, 6.45) is -5.03. The van der Waals surface area contributed by atoms with E-state index in [1.807, 2.05) is 0 Å². The third kappa shape index (κ3) is 2.57. The fourth-order valence-corrected chi connectivity index (χ4v) is 1.38. The number of nitrogens with zero attached hydrogens (tertiary/aromatic N) is 2. The van der Waals surface area contributed by atoms with Crippen LogP contribution < -0.4 is 0 Å². The number of alkyl halides is 3. The van der Waals surface area contributed by atoms with E-state index in [2.05, 4.69) is 0 Å². The molecule has 9 heteroatoms. The van der Waals surface area contributed by atoms with Crippen LogP contribution in [0.4, 0.5) is 18.9 Å². The van der Waals surface area contributed by atoms with Crippen LogP contribution in [0.5, 0.6) is 0 Å². The molecule has 0 fully saturated rings. The number of benzene rings is 1. The number of nitro groups is 1. The van der Waals surface area contributed by atoms with Crippen molar-refractivity contribution in [2.75, 3.05) is 0 Å². The maximum absolute atomic E-state index is 12.5. The molecular weight excluding hydrogens is 277 g/mol. The molecule has 18 heavy (non-hydrogen) atoms. The Hall–Kier alpha value is -2.14. The minimum atomic E-state index is -5.03. The molecule has 0 atom stereocenters. The zero-order valence-electron chi connectivity index (χ0n) is 8.29. The number of halogens is 4. The quantitative estimate of drug-likeness (QED) is 0.473. The van der Waals surface area contributed by atoms with Crippen molar-refractivity contribution in [3.63, 3.8) is 0 Å². The summed E-state index contributed by atoms with van der Waals surface area (Å²) in [5.74, 6) is 0. The van der Waals surface area contributed by atoms with E-state index < -0.39 is 38.7 Å². The van der Waals surface area contributed by atoms with Gasteiger partial charge in [-0.15, -0.1) is 0 Å². The van der Waals surface area contributed by atoms with Crippen LogP contribution in [-0.2, 0) is 6.18 Å². The molecule has 0 spiro atoms. The standard InChI is InChI=1S/C9H2ClF3N2O3/c10-8(16)5-2-6(9(11,12)13)7(15(17)18)1-4(5)3-14/h1-2H. The number of nitro benzene ring substituents is 1. The largest absolute Gasteiger partial charge is 0.423 e. The Morgan fingerprint density at radius 1 is 1.44 bits per heavy atom. The smallest absolute Gasteiger partial charge is 0.276 e. The molecule has 5 nitrogen and oxygen atoms in total. The molecule has 0 heterocycles. The molecular formula is C9H2ClF3N2O3. The Balaban J connectivity index is 3.70. The summed E-state index contributed by atoms with van der Waals surface area (Å²) in [5, 5.41) is 17.8. The molecule has 0 bridgehead atoms. The lowest BCUT2D eigenvalue weighted by molar-refractivity contribution is -0.388. The molecule has 0 saturated heterocycles. The van der Waals surface area contributed by atoms with Crippen LogP contribution in [0.2, 0.25) is 0 Å². The second-order valence-corrected chi connectivity index (χ2v) is 3.40. The lowest BCUT2D eigenvalue weighted by atomic mass is 10.0. The van der Waals surface area contributed by atoms with Gasteiger partial charge in [-0.1, -0.05) is 0 Å². The first-order valence-electron chi connectivity index (χ1n) is 4.18. The first-order chi connectivity index (χ1) is 8.18. The second-order valence-electron chi connectivity index (χ2n) is 3.06. The van der Waals surface area contributed by atoms with Crippen LogP contribution in [0, 0.1) is 21.4 Å². The molecule has 1 aromatic rings. The number of nitriles is 1. The van der Waals surface area contributed by atoms with E-state index in [0.29, 0.717) is 6.07 Å². The maximum atomic E-state index is 12.5. The summed E-state index contributed by atoms with van der Waals surface area (Å²) in [5.41, 5.74) is -4.25. The van der Waals surface area contributed by atoms with Crippen LogP contribution in [-0.4, -0.2) is 10.2 Å². The normalized spacial score (nSPS) is 10.8. The summed E-state index contributed by atoms with van der Waals surface area (Å²) in [4.78, 5) is 20.1. The Morgan fingerprint density at radius 2 is 2.00 bits per heavy atom. The van der Waals surface area contributed by atoms with Crippen molar-refractivity contribution in [1.29, 1.82) is 5.26 Å². The van der Waals surface area contributed by atoms with Gasteiger partial charge in [-0.25, -0.2) is 0 Å². The number of hydrogen-bond donors (Lipinski definition) is 0. The fourth-order valence-electron chi connectivity index (χ4n) is 1.22. The Kier molecular flexibility index (Phi) is 3.57. The molecule has 0 aliphatic rings. The second kappa shape index (κ2) is 4.62. The van der Waals surface area contributed by atoms with Crippen molar-refractivity contribution in [1.82, 2.24) is 0 Å². The van der Waals surface area contributed by atoms with E-state index in [0.717, 1.165) is 0 Å². The van der Waals surface area contributed by atoms with Gasteiger partial charge in [0.1, 0.15) is 11.6 Å². The number of carbonyl (C=O) groups excluding carboxylic acids is 1. The van der Waals surface area contributed by atoms with Crippen LogP contribution in [0.25, 0.3) is 0 Å². The zero-order chi connectivity index (χ0) is 14.1. The van der Waals surface area contributed by atoms with Crippen molar-refractivity contribution in [2.45, 2.75) is 6.18 Å². The highest BCUT2D eigenvalue weighted by molar-refractivity contribution is 6.68. The van der Waals surface area contributed by atoms with E-state index in [1.54, 1.807) is 0 Å². The Labute approximate surface area is 103 Å². The van der Waals surface area contributed by atoms with Crippen molar-refractivity contribution in [2.24, 2.45) is 0 Å². The Morgan fingerprint density at radius 3 is 2.33 bits per heavy atom. The number of hydrogen-bond acceptors (Lipinski definition) is 4. The summed E-state index contributed by atoms with van der Waals surface area (Å²) in [7, 11) is 0. The average Bonchev–Trinajstić information content (AvgIpc) is 2.25. The van der Waals surface area contributed by atoms with E-state index in [4.69, 9.17) is 16.9 Å². The van der Waals surface area contributed by atoms with Gasteiger partial charge in [0.15, 0.2) is 0 Å². The van der Waals surface area contributed by atoms with Crippen LogP contribution in [0.1, 0.15) is 21.5 Å². The monoisotopic (exact) mass is 278 g/mol. The molecule has 0 aliphatic carbocycles. The average molecular weight is 279 g/mol. The zero-order valence-corrected chi connectivity index (χ0v) is 9.04. The van der Waals surface area contributed by atoms with Crippen LogP contribution in [0.15, 0.2) is 12.1 Å². The van der Waals surface area contributed by atoms with Gasteiger partial charge in [-0.2, -0.15) is 18.4 Å². The van der Waals surface area contributed by atoms with Gasteiger partial charge in [-0.05, 0) is 17.7 Å². The van der Waals surface area contributed by atoms with Gasteiger partial charge in [-0.3, -0.25) is 14.9 Å². The Bertz CT molecular complexity index is 578. The van der Waals surface area contributed by atoms with Crippen molar-refractivity contribution in [3.05, 3.63) is 38.9 Å². The van der Waals surface area contributed by atoms with Gasteiger partial charge in [0.2, 0.25) is 0 Å². The molecule has 0 aromatic heterocycles. The third-order valence-corrected chi connectivity index (χ3v) is 2.17. The minimum absolute atomic E-state index is 0.200. The van der Waals surface area contributed by atoms with Crippen molar-refractivity contribution < 1.29 is 22.9 Å². The van der Waals surface area contributed by atoms with Crippen molar-refractivity contribution in [3.8, 4) is 6.07 Å². The first-order valence-corrected chi connectivity index (χ1v) is 4.56. The summed E-state index contributed by atoms with van der Waals surface area (Å²) < 4.78 is 37.6. The molecule has 0 N–H and O–H groups in total. The fraction of sp³-hybridized carbons (Fsp3) is 0.111. The highest BCUT2D eigenvalue weighted by Gasteiger charge is 2.39. The van der Waals surface area contributed by atoms with Gasteiger partial charge in [0.25, 0.3) is 10.9 Å². The maximum Gasteiger partial charge on any atom is 0.423 e. The molecule has 0 unspecified atom stereocenters. The number of carbonyl (C=O) groups is 1. The number of rotatable bonds is 2. The van der Waals surface area contributed by atoms with Crippen LogP contribution >= 0.6 is 11.6 Å². The van der Waals surface area contributed by atoms with Gasteiger partial charge in [0.05, 0.1) is 16.1 Å². The van der Waals surface area contributed by atoms with Crippen LogP contribution in [0.3, 0.4) is 0 Å². The summed E-state index contributed by atoms with van der Waals surface area (Å²) >= 11 is 5.01. The first kappa shape index (κ1) is 13.9.